The molecule has 0 heterocycles. The van der Waals surface area contributed by atoms with E-state index in [-0.39, 0.29) is 5.75 Å². The SMILES string of the molecule is C=Cc1ccccc1.COc1ccccc1O. The van der Waals surface area contributed by atoms with Gasteiger partial charge in [-0.05, 0) is 17.7 Å². The summed E-state index contributed by atoms with van der Waals surface area (Å²) >= 11 is 0. The van der Waals surface area contributed by atoms with Gasteiger partial charge in [-0.1, -0.05) is 55.1 Å². The van der Waals surface area contributed by atoms with Gasteiger partial charge in [0, 0.05) is 0 Å². The molecule has 17 heavy (non-hydrogen) atoms. The number of ether oxygens (including phenoxy) is 1. The zero-order valence-corrected chi connectivity index (χ0v) is 9.84. The molecule has 1 N–H and O–H groups in total. The van der Waals surface area contributed by atoms with E-state index in [9.17, 15) is 0 Å². The minimum atomic E-state index is 0.181. The van der Waals surface area contributed by atoms with Crippen LogP contribution in [0.3, 0.4) is 0 Å². The predicted molar refractivity (Wildman–Crippen MR) is 71.2 cm³/mol. The van der Waals surface area contributed by atoms with Gasteiger partial charge in [-0.2, -0.15) is 0 Å². The van der Waals surface area contributed by atoms with Crippen LogP contribution in [-0.4, -0.2) is 12.2 Å². The van der Waals surface area contributed by atoms with Gasteiger partial charge in [0.2, 0.25) is 0 Å². The number of aromatic hydroxyl groups is 1. The normalized spacial score (nSPS) is 8.76. The van der Waals surface area contributed by atoms with Crippen molar-refractivity contribution in [1.82, 2.24) is 0 Å². The number of methoxy groups -OCH3 is 1. The van der Waals surface area contributed by atoms with Crippen LogP contribution in [0.4, 0.5) is 0 Å². The third kappa shape index (κ3) is 4.43. The molecule has 0 aliphatic carbocycles. The van der Waals surface area contributed by atoms with Crippen LogP contribution in [0.1, 0.15) is 5.56 Å². The third-order valence-corrected chi connectivity index (χ3v) is 2.12. The Morgan fingerprint density at radius 3 is 2.00 bits per heavy atom. The lowest BCUT2D eigenvalue weighted by molar-refractivity contribution is 0.373. The highest BCUT2D eigenvalue weighted by Gasteiger charge is 1.94. The van der Waals surface area contributed by atoms with Crippen molar-refractivity contribution in [3.05, 3.63) is 66.7 Å². The number of phenols is 1. The largest absolute Gasteiger partial charge is 0.504 e. The Hall–Kier alpha value is -2.22. The number of para-hydroxylation sites is 2. The third-order valence-electron chi connectivity index (χ3n) is 2.12. The quantitative estimate of drug-likeness (QED) is 0.848. The average Bonchev–Trinajstić information content (AvgIpc) is 2.41. The van der Waals surface area contributed by atoms with E-state index in [4.69, 9.17) is 9.84 Å². The zero-order chi connectivity index (χ0) is 12.5. The molecule has 0 bridgehead atoms. The van der Waals surface area contributed by atoms with E-state index in [0.29, 0.717) is 5.75 Å². The lowest BCUT2D eigenvalue weighted by Gasteiger charge is -1.99. The fourth-order valence-corrected chi connectivity index (χ4v) is 1.22. The standard InChI is InChI=1S/C8H8.C7H8O2/c1-2-8-6-4-3-5-7-8;1-9-7-5-3-2-4-6(7)8/h2-7H,1H2;2-5,8H,1H3. The fourth-order valence-electron chi connectivity index (χ4n) is 1.22. The van der Waals surface area contributed by atoms with Crippen molar-refractivity contribution in [2.45, 2.75) is 0 Å². The average molecular weight is 228 g/mol. The van der Waals surface area contributed by atoms with Crippen molar-refractivity contribution in [1.29, 1.82) is 0 Å². The van der Waals surface area contributed by atoms with Crippen LogP contribution in [0.15, 0.2) is 61.2 Å². The molecule has 0 aliphatic rings. The van der Waals surface area contributed by atoms with Crippen LogP contribution in [0.5, 0.6) is 11.5 Å². The smallest absolute Gasteiger partial charge is 0.160 e. The van der Waals surface area contributed by atoms with E-state index in [1.807, 2.05) is 36.4 Å². The van der Waals surface area contributed by atoms with Crippen LogP contribution in [0.2, 0.25) is 0 Å². The Balaban J connectivity index is 0.000000171. The summed E-state index contributed by atoms with van der Waals surface area (Å²) in [6.45, 7) is 3.63. The number of benzene rings is 2. The highest BCUT2D eigenvalue weighted by atomic mass is 16.5. The zero-order valence-electron chi connectivity index (χ0n) is 9.84. The van der Waals surface area contributed by atoms with E-state index >= 15 is 0 Å². The highest BCUT2D eigenvalue weighted by molar-refractivity contribution is 5.45. The Bertz CT molecular complexity index is 449. The first-order valence-electron chi connectivity index (χ1n) is 5.27. The summed E-state index contributed by atoms with van der Waals surface area (Å²) in [6.07, 6.45) is 1.83. The van der Waals surface area contributed by atoms with E-state index < -0.39 is 0 Å². The summed E-state index contributed by atoms with van der Waals surface area (Å²) in [6, 6.07) is 16.9. The lowest BCUT2D eigenvalue weighted by atomic mass is 10.2. The Kier molecular flexibility index (Phi) is 5.38. The molecule has 0 amide bonds. The van der Waals surface area contributed by atoms with Gasteiger partial charge in [-0.3, -0.25) is 0 Å². The minimum absolute atomic E-state index is 0.181. The molecule has 0 aliphatic heterocycles. The highest BCUT2D eigenvalue weighted by Crippen LogP contribution is 2.22. The maximum Gasteiger partial charge on any atom is 0.160 e. The minimum Gasteiger partial charge on any atom is -0.504 e. The topological polar surface area (TPSA) is 29.5 Å². The maximum atomic E-state index is 8.99. The van der Waals surface area contributed by atoms with Crippen molar-refractivity contribution < 1.29 is 9.84 Å². The monoisotopic (exact) mass is 228 g/mol. The molecule has 0 radical (unpaired) electrons. The second-order valence-corrected chi connectivity index (χ2v) is 3.29. The van der Waals surface area contributed by atoms with Crippen LogP contribution in [0.25, 0.3) is 6.08 Å². The van der Waals surface area contributed by atoms with Gasteiger partial charge in [0.1, 0.15) is 0 Å². The first-order valence-corrected chi connectivity index (χ1v) is 5.27. The van der Waals surface area contributed by atoms with Crippen LogP contribution in [0, 0.1) is 0 Å². The van der Waals surface area contributed by atoms with Crippen LogP contribution in [-0.2, 0) is 0 Å². The molecule has 2 aromatic rings. The summed E-state index contributed by atoms with van der Waals surface area (Å²) < 4.78 is 4.79. The van der Waals surface area contributed by atoms with Gasteiger partial charge in [-0.15, -0.1) is 0 Å². The number of phenolic OH excluding ortho intramolecular Hbond substituents is 1. The molecule has 2 rings (SSSR count). The van der Waals surface area contributed by atoms with Crippen molar-refractivity contribution in [2.75, 3.05) is 7.11 Å². The number of hydrogen-bond acceptors (Lipinski definition) is 2. The molecule has 2 heteroatoms. The molecule has 2 nitrogen and oxygen atoms in total. The molecular weight excluding hydrogens is 212 g/mol. The van der Waals surface area contributed by atoms with Gasteiger partial charge in [-0.25, -0.2) is 0 Å². The van der Waals surface area contributed by atoms with Crippen LogP contribution < -0.4 is 4.74 Å². The van der Waals surface area contributed by atoms with Gasteiger partial charge in [0.25, 0.3) is 0 Å². The number of hydrogen-bond donors (Lipinski definition) is 1. The van der Waals surface area contributed by atoms with Gasteiger partial charge < -0.3 is 9.84 Å². The Morgan fingerprint density at radius 2 is 1.59 bits per heavy atom. The molecular formula is C15H16O2. The second-order valence-electron chi connectivity index (χ2n) is 3.29. The summed E-state index contributed by atoms with van der Waals surface area (Å²) in [5, 5.41) is 8.99. The van der Waals surface area contributed by atoms with Gasteiger partial charge in [0.05, 0.1) is 7.11 Å². The van der Waals surface area contributed by atoms with Crippen molar-refractivity contribution in [3.63, 3.8) is 0 Å². The predicted octanol–water partition coefficient (Wildman–Crippen LogP) is 3.73. The van der Waals surface area contributed by atoms with E-state index in [1.165, 1.54) is 12.7 Å². The molecule has 0 saturated heterocycles. The Morgan fingerprint density at radius 1 is 1.00 bits per heavy atom. The maximum absolute atomic E-state index is 8.99. The molecule has 2 aromatic carbocycles. The van der Waals surface area contributed by atoms with E-state index in [0.717, 1.165) is 0 Å². The molecule has 88 valence electrons. The first-order chi connectivity index (χ1) is 8.27. The molecule has 0 unspecified atom stereocenters. The number of rotatable bonds is 2. The molecule has 0 saturated carbocycles. The van der Waals surface area contributed by atoms with Crippen LogP contribution >= 0.6 is 0 Å². The van der Waals surface area contributed by atoms with Gasteiger partial charge >= 0.3 is 0 Å². The molecule has 0 fully saturated rings. The fraction of sp³-hybridized carbons (Fsp3) is 0.0667. The van der Waals surface area contributed by atoms with Gasteiger partial charge in [0.15, 0.2) is 11.5 Å². The first kappa shape index (κ1) is 12.8. The molecule has 0 spiro atoms. The second kappa shape index (κ2) is 7.12. The van der Waals surface area contributed by atoms with E-state index in [2.05, 4.69) is 6.58 Å². The van der Waals surface area contributed by atoms with Crippen molar-refractivity contribution >= 4 is 6.08 Å². The molecule has 0 atom stereocenters. The van der Waals surface area contributed by atoms with E-state index in [1.54, 1.807) is 24.3 Å². The Labute approximate surface area is 102 Å². The summed E-state index contributed by atoms with van der Waals surface area (Å²) in [5.41, 5.74) is 1.17. The van der Waals surface area contributed by atoms with Crippen molar-refractivity contribution in [2.24, 2.45) is 0 Å². The molecule has 0 aromatic heterocycles. The van der Waals surface area contributed by atoms with Crippen molar-refractivity contribution in [3.8, 4) is 11.5 Å². The summed E-state index contributed by atoms with van der Waals surface area (Å²) in [7, 11) is 1.52. The summed E-state index contributed by atoms with van der Waals surface area (Å²) in [5.74, 6) is 0.692. The summed E-state index contributed by atoms with van der Waals surface area (Å²) in [4.78, 5) is 0. The lowest BCUT2D eigenvalue weighted by Crippen LogP contribution is -1.80.